The van der Waals surface area contributed by atoms with Crippen molar-refractivity contribution in [1.29, 1.82) is 0 Å². The maximum Gasteiger partial charge on any atom is 0.239 e. The van der Waals surface area contributed by atoms with Gasteiger partial charge in [0.2, 0.25) is 5.91 Å². The number of nitrogens with one attached hydrogen (secondary N) is 2. The Morgan fingerprint density at radius 3 is 2.75 bits per heavy atom. The number of hydrogen-bond acceptors (Lipinski definition) is 3. The first-order valence-corrected chi connectivity index (χ1v) is 7.39. The van der Waals surface area contributed by atoms with Crippen molar-refractivity contribution in [1.82, 2.24) is 5.32 Å². The van der Waals surface area contributed by atoms with Gasteiger partial charge in [-0.15, -0.1) is 0 Å². The second kappa shape index (κ2) is 7.90. The molecular formula is C16H24N2O2. The molecule has 2 rings (SSSR count). The molecule has 1 amide bonds. The third kappa shape index (κ3) is 4.53. The number of ether oxygens (including phenoxy) is 1. The summed E-state index contributed by atoms with van der Waals surface area (Å²) in [6.07, 6.45) is 6.00. The van der Waals surface area contributed by atoms with Gasteiger partial charge in [-0.3, -0.25) is 4.79 Å². The van der Waals surface area contributed by atoms with E-state index in [1.165, 1.54) is 19.3 Å². The van der Waals surface area contributed by atoms with Crippen LogP contribution in [0.5, 0.6) is 0 Å². The van der Waals surface area contributed by atoms with Crippen molar-refractivity contribution in [3.8, 4) is 0 Å². The topological polar surface area (TPSA) is 50.4 Å². The van der Waals surface area contributed by atoms with E-state index in [0.29, 0.717) is 19.2 Å². The van der Waals surface area contributed by atoms with Crippen LogP contribution in [-0.4, -0.2) is 25.6 Å². The monoisotopic (exact) mass is 276 g/mol. The van der Waals surface area contributed by atoms with Crippen LogP contribution >= 0.6 is 0 Å². The molecule has 0 saturated heterocycles. The molecule has 0 aliphatic heterocycles. The van der Waals surface area contributed by atoms with Gasteiger partial charge in [0.05, 0.1) is 13.2 Å². The number of anilines is 1. The average Bonchev–Trinajstić information content (AvgIpc) is 2.48. The quantitative estimate of drug-likeness (QED) is 0.840. The summed E-state index contributed by atoms with van der Waals surface area (Å²) < 4.78 is 5.16. The van der Waals surface area contributed by atoms with Gasteiger partial charge in [-0.2, -0.15) is 0 Å². The number of methoxy groups -OCH3 is 1. The van der Waals surface area contributed by atoms with E-state index in [4.69, 9.17) is 4.74 Å². The van der Waals surface area contributed by atoms with Crippen LogP contribution in [0.3, 0.4) is 0 Å². The molecule has 0 atom stereocenters. The van der Waals surface area contributed by atoms with E-state index in [0.717, 1.165) is 24.1 Å². The summed E-state index contributed by atoms with van der Waals surface area (Å²) in [4.78, 5) is 11.9. The van der Waals surface area contributed by atoms with Crippen LogP contribution < -0.4 is 10.6 Å². The second-order valence-corrected chi connectivity index (χ2v) is 5.35. The number of para-hydroxylation sites is 1. The fourth-order valence-corrected chi connectivity index (χ4v) is 2.68. The Balaban J connectivity index is 1.80. The van der Waals surface area contributed by atoms with E-state index >= 15 is 0 Å². The Bertz CT molecular complexity index is 428. The van der Waals surface area contributed by atoms with Crippen molar-refractivity contribution >= 4 is 11.6 Å². The molecule has 4 nitrogen and oxygen atoms in total. The average molecular weight is 276 g/mol. The molecule has 0 unspecified atom stereocenters. The molecule has 2 N–H and O–H groups in total. The van der Waals surface area contributed by atoms with Crippen molar-refractivity contribution in [2.24, 2.45) is 0 Å². The lowest BCUT2D eigenvalue weighted by molar-refractivity contribution is -0.120. The molecule has 1 fully saturated rings. The number of carbonyl (C=O) groups is 1. The van der Waals surface area contributed by atoms with Crippen molar-refractivity contribution in [3.05, 3.63) is 29.8 Å². The van der Waals surface area contributed by atoms with E-state index in [1.54, 1.807) is 7.11 Å². The summed E-state index contributed by atoms with van der Waals surface area (Å²) in [7, 11) is 1.67. The third-order valence-electron chi connectivity index (χ3n) is 3.73. The minimum Gasteiger partial charge on any atom is -0.380 e. The van der Waals surface area contributed by atoms with E-state index < -0.39 is 0 Å². The highest BCUT2D eigenvalue weighted by Gasteiger charge is 2.15. The molecule has 4 heteroatoms. The Morgan fingerprint density at radius 2 is 2.00 bits per heavy atom. The lowest BCUT2D eigenvalue weighted by Crippen LogP contribution is -2.39. The molecule has 1 aromatic carbocycles. The second-order valence-electron chi connectivity index (χ2n) is 5.35. The standard InChI is InChI=1S/C16H24N2O2/c1-20-12-13-7-5-6-10-15(13)17-11-16(19)18-14-8-3-2-4-9-14/h5-7,10,14,17H,2-4,8-9,11-12H2,1H3,(H,18,19). The SMILES string of the molecule is COCc1ccccc1NCC(=O)NC1CCCCC1. The van der Waals surface area contributed by atoms with Crippen LogP contribution in [0.25, 0.3) is 0 Å². The molecule has 1 aromatic rings. The fraction of sp³-hybridized carbons (Fsp3) is 0.562. The smallest absolute Gasteiger partial charge is 0.239 e. The van der Waals surface area contributed by atoms with Gasteiger partial charge in [-0.1, -0.05) is 37.5 Å². The van der Waals surface area contributed by atoms with Crippen molar-refractivity contribution in [2.75, 3.05) is 19.0 Å². The van der Waals surface area contributed by atoms with Crippen molar-refractivity contribution < 1.29 is 9.53 Å². The van der Waals surface area contributed by atoms with Gasteiger partial charge in [0.1, 0.15) is 0 Å². The van der Waals surface area contributed by atoms with E-state index in [9.17, 15) is 4.79 Å². The Kier molecular flexibility index (Phi) is 5.87. The maximum atomic E-state index is 11.9. The molecule has 0 bridgehead atoms. The maximum absolute atomic E-state index is 11.9. The third-order valence-corrected chi connectivity index (χ3v) is 3.73. The molecule has 110 valence electrons. The highest BCUT2D eigenvalue weighted by molar-refractivity contribution is 5.81. The predicted octanol–water partition coefficient (Wildman–Crippen LogP) is 2.69. The number of benzene rings is 1. The largest absolute Gasteiger partial charge is 0.380 e. The van der Waals surface area contributed by atoms with Crippen molar-refractivity contribution in [2.45, 2.75) is 44.8 Å². The summed E-state index contributed by atoms with van der Waals surface area (Å²) in [6.45, 7) is 0.866. The van der Waals surface area contributed by atoms with Crippen LogP contribution in [-0.2, 0) is 16.1 Å². The lowest BCUT2D eigenvalue weighted by Gasteiger charge is -2.23. The van der Waals surface area contributed by atoms with Crippen LogP contribution in [0.15, 0.2) is 24.3 Å². The van der Waals surface area contributed by atoms with Crippen LogP contribution in [0.1, 0.15) is 37.7 Å². The summed E-state index contributed by atoms with van der Waals surface area (Å²) >= 11 is 0. The molecule has 20 heavy (non-hydrogen) atoms. The van der Waals surface area contributed by atoms with Gasteiger partial charge in [-0.05, 0) is 18.9 Å². The van der Waals surface area contributed by atoms with Crippen molar-refractivity contribution in [3.63, 3.8) is 0 Å². The molecule has 0 heterocycles. The summed E-state index contributed by atoms with van der Waals surface area (Å²) in [5, 5.41) is 6.30. The van der Waals surface area contributed by atoms with Crippen LogP contribution in [0, 0.1) is 0 Å². The first-order chi connectivity index (χ1) is 9.79. The van der Waals surface area contributed by atoms with Crippen LogP contribution in [0.4, 0.5) is 5.69 Å². The van der Waals surface area contributed by atoms with Gasteiger partial charge >= 0.3 is 0 Å². The molecule has 1 saturated carbocycles. The number of rotatable bonds is 6. The Labute approximate surface area is 120 Å². The summed E-state index contributed by atoms with van der Waals surface area (Å²) in [5.74, 6) is 0.0733. The molecule has 0 spiro atoms. The number of amides is 1. The predicted molar refractivity (Wildman–Crippen MR) is 80.7 cm³/mol. The van der Waals surface area contributed by atoms with Crippen LogP contribution in [0.2, 0.25) is 0 Å². The highest BCUT2D eigenvalue weighted by Crippen LogP contribution is 2.18. The summed E-state index contributed by atoms with van der Waals surface area (Å²) in [6, 6.07) is 8.28. The first-order valence-electron chi connectivity index (χ1n) is 7.39. The zero-order chi connectivity index (χ0) is 14.2. The molecule has 1 aliphatic rings. The van der Waals surface area contributed by atoms with E-state index in [1.807, 2.05) is 24.3 Å². The molecule has 1 aliphatic carbocycles. The Hall–Kier alpha value is -1.55. The van der Waals surface area contributed by atoms with E-state index in [-0.39, 0.29) is 5.91 Å². The number of carbonyl (C=O) groups excluding carboxylic acids is 1. The van der Waals surface area contributed by atoms with Gasteiger partial charge in [0, 0.05) is 24.4 Å². The van der Waals surface area contributed by atoms with Gasteiger partial charge < -0.3 is 15.4 Å². The fourth-order valence-electron chi connectivity index (χ4n) is 2.68. The first kappa shape index (κ1) is 14.9. The zero-order valence-electron chi connectivity index (χ0n) is 12.2. The van der Waals surface area contributed by atoms with Gasteiger partial charge in [0.25, 0.3) is 0 Å². The lowest BCUT2D eigenvalue weighted by atomic mass is 9.95. The zero-order valence-corrected chi connectivity index (χ0v) is 12.2. The Morgan fingerprint density at radius 1 is 1.25 bits per heavy atom. The van der Waals surface area contributed by atoms with E-state index in [2.05, 4.69) is 10.6 Å². The van der Waals surface area contributed by atoms with Gasteiger partial charge in [0.15, 0.2) is 0 Å². The molecular weight excluding hydrogens is 252 g/mol. The number of hydrogen-bond donors (Lipinski definition) is 2. The summed E-state index contributed by atoms with van der Waals surface area (Å²) in [5.41, 5.74) is 2.04. The van der Waals surface area contributed by atoms with Gasteiger partial charge in [-0.25, -0.2) is 0 Å². The highest BCUT2D eigenvalue weighted by atomic mass is 16.5. The molecule has 0 radical (unpaired) electrons. The minimum atomic E-state index is 0.0733. The molecule has 0 aromatic heterocycles. The minimum absolute atomic E-state index is 0.0733. The normalized spacial score (nSPS) is 15.8.